The molecule has 1 unspecified atom stereocenters. The first-order valence-electron chi connectivity index (χ1n) is 7.14. The summed E-state index contributed by atoms with van der Waals surface area (Å²) in [6.07, 6.45) is -0.179. The van der Waals surface area contributed by atoms with Gasteiger partial charge in [-0.1, -0.05) is 12.1 Å². The summed E-state index contributed by atoms with van der Waals surface area (Å²) in [7, 11) is 1.57. The molecule has 1 heterocycles. The maximum atomic E-state index is 13.1. The van der Waals surface area contributed by atoms with Gasteiger partial charge in [-0.15, -0.1) is 0 Å². The van der Waals surface area contributed by atoms with Crippen molar-refractivity contribution in [3.63, 3.8) is 0 Å². The standard InChI is InChI=1S/C18H17FO3/c1-10-8-14-15(20)9-16(12-4-6-13(19)7-5-12)22-18(14)17(21-3)11(10)2/h4-8,16H,9H2,1-3H3. The fourth-order valence-electron chi connectivity index (χ4n) is 2.76. The molecule has 0 N–H and O–H groups in total. The van der Waals surface area contributed by atoms with Gasteiger partial charge in [0.2, 0.25) is 0 Å². The molecular weight excluding hydrogens is 283 g/mol. The second-order valence-corrected chi connectivity index (χ2v) is 5.51. The number of carbonyl (C=O) groups is 1. The van der Waals surface area contributed by atoms with Gasteiger partial charge in [-0.2, -0.15) is 0 Å². The summed E-state index contributed by atoms with van der Waals surface area (Å²) in [6.45, 7) is 3.88. The topological polar surface area (TPSA) is 35.5 Å². The van der Waals surface area contributed by atoms with E-state index in [1.807, 2.05) is 19.9 Å². The Morgan fingerprint density at radius 1 is 1.23 bits per heavy atom. The van der Waals surface area contributed by atoms with E-state index in [-0.39, 0.29) is 18.0 Å². The maximum Gasteiger partial charge on any atom is 0.173 e. The van der Waals surface area contributed by atoms with Crippen molar-refractivity contribution < 1.29 is 18.7 Å². The van der Waals surface area contributed by atoms with E-state index < -0.39 is 6.10 Å². The van der Waals surface area contributed by atoms with Gasteiger partial charge in [0.15, 0.2) is 17.3 Å². The van der Waals surface area contributed by atoms with Crippen LogP contribution in [0.3, 0.4) is 0 Å². The molecule has 4 heteroatoms. The highest BCUT2D eigenvalue weighted by Gasteiger charge is 2.31. The summed E-state index contributed by atoms with van der Waals surface area (Å²) in [5, 5.41) is 0. The van der Waals surface area contributed by atoms with Crippen LogP contribution in [0, 0.1) is 19.7 Å². The van der Waals surface area contributed by atoms with Gasteiger partial charge in [0.05, 0.1) is 19.1 Å². The van der Waals surface area contributed by atoms with Crippen molar-refractivity contribution in [3.8, 4) is 11.5 Å². The Hall–Kier alpha value is -2.36. The van der Waals surface area contributed by atoms with Crippen molar-refractivity contribution in [3.05, 3.63) is 58.4 Å². The average molecular weight is 300 g/mol. The SMILES string of the molecule is COc1c(C)c(C)cc2c1OC(c1ccc(F)cc1)CC2=O. The Morgan fingerprint density at radius 2 is 1.91 bits per heavy atom. The monoisotopic (exact) mass is 300 g/mol. The molecule has 1 aliphatic rings. The number of aryl methyl sites for hydroxylation is 1. The van der Waals surface area contributed by atoms with Crippen LogP contribution in [-0.2, 0) is 0 Å². The van der Waals surface area contributed by atoms with E-state index in [1.165, 1.54) is 12.1 Å². The number of benzene rings is 2. The highest BCUT2D eigenvalue weighted by atomic mass is 19.1. The third kappa shape index (κ3) is 2.34. The Labute approximate surface area is 128 Å². The minimum atomic E-state index is -0.420. The lowest BCUT2D eigenvalue weighted by Crippen LogP contribution is -2.21. The van der Waals surface area contributed by atoms with E-state index in [4.69, 9.17) is 9.47 Å². The van der Waals surface area contributed by atoms with Crippen LogP contribution in [-0.4, -0.2) is 12.9 Å². The van der Waals surface area contributed by atoms with Crippen LogP contribution in [0.5, 0.6) is 11.5 Å². The quantitative estimate of drug-likeness (QED) is 0.835. The van der Waals surface area contributed by atoms with Gasteiger partial charge in [0, 0.05) is 0 Å². The molecule has 0 spiro atoms. The van der Waals surface area contributed by atoms with E-state index in [1.54, 1.807) is 19.2 Å². The minimum absolute atomic E-state index is 0.0111. The summed E-state index contributed by atoms with van der Waals surface area (Å²) >= 11 is 0. The second kappa shape index (κ2) is 5.44. The first kappa shape index (κ1) is 14.6. The van der Waals surface area contributed by atoms with Crippen LogP contribution < -0.4 is 9.47 Å². The number of ketones is 1. The third-order valence-corrected chi connectivity index (χ3v) is 4.12. The highest BCUT2D eigenvalue weighted by Crippen LogP contribution is 2.44. The molecule has 1 aliphatic heterocycles. The molecule has 0 radical (unpaired) electrons. The summed E-state index contributed by atoms with van der Waals surface area (Å²) in [6, 6.07) is 7.88. The van der Waals surface area contributed by atoms with Gasteiger partial charge in [-0.25, -0.2) is 4.39 Å². The van der Waals surface area contributed by atoms with Crippen molar-refractivity contribution in [1.82, 2.24) is 0 Å². The van der Waals surface area contributed by atoms with Crippen LogP contribution in [0.15, 0.2) is 30.3 Å². The third-order valence-electron chi connectivity index (χ3n) is 4.12. The fraction of sp³-hybridized carbons (Fsp3) is 0.278. The first-order chi connectivity index (χ1) is 10.5. The van der Waals surface area contributed by atoms with Crippen molar-refractivity contribution in [1.29, 1.82) is 0 Å². The molecule has 1 atom stereocenters. The predicted molar refractivity (Wildman–Crippen MR) is 81.2 cm³/mol. The molecule has 3 rings (SSSR count). The summed E-state index contributed by atoms with van der Waals surface area (Å²) in [5.74, 6) is 0.777. The van der Waals surface area contributed by atoms with E-state index in [2.05, 4.69) is 0 Å². The Kier molecular flexibility index (Phi) is 3.61. The van der Waals surface area contributed by atoms with Gasteiger partial charge in [0.25, 0.3) is 0 Å². The van der Waals surface area contributed by atoms with Gasteiger partial charge >= 0.3 is 0 Å². The van der Waals surface area contributed by atoms with Crippen molar-refractivity contribution in [2.75, 3.05) is 7.11 Å². The van der Waals surface area contributed by atoms with E-state index in [0.717, 1.165) is 16.7 Å². The fourth-order valence-corrected chi connectivity index (χ4v) is 2.76. The molecule has 22 heavy (non-hydrogen) atoms. The number of hydrogen-bond donors (Lipinski definition) is 0. The van der Waals surface area contributed by atoms with Crippen LogP contribution in [0.1, 0.15) is 39.6 Å². The van der Waals surface area contributed by atoms with Crippen LogP contribution >= 0.6 is 0 Å². The molecule has 0 aromatic heterocycles. The zero-order chi connectivity index (χ0) is 15.9. The van der Waals surface area contributed by atoms with Crippen LogP contribution in [0.4, 0.5) is 4.39 Å². The molecule has 2 aromatic rings. The van der Waals surface area contributed by atoms with E-state index >= 15 is 0 Å². The first-order valence-corrected chi connectivity index (χ1v) is 7.14. The molecule has 0 amide bonds. The highest BCUT2D eigenvalue weighted by molar-refractivity contribution is 6.01. The largest absolute Gasteiger partial charge is 0.493 e. The normalized spacial score (nSPS) is 16.9. The zero-order valence-corrected chi connectivity index (χ0v) is 12.8. The van der Waals surface area contributed by atoms with Crippen LogP contribution in [0.25, 0.3) is 0 Å². The predicted octanol–water partition coefficient (Wildman–Crippen LogP) is 4.16. The number of Topliss-reactive ketones (excluding diaryl/α,β-unsaturated/α-hetero) is 1. The zero-order valence-electron chi connectivity index (χ0n) is 12.8. The van der Waals surface area contributed by atoms with Gasteiger partial charge in [0.1, 0.15) is 11.9 Å². The maximum absolute atomic E-state index is 13.1. The number of methoxy groups -OCH3 is 1. The summed E-state index contributed by atoms with van der Waals surface area (Å²) in [4.78, 5) is 12.5. The average Bonchev–Trinajstić information content (AvgIpc) is 2.50. The second-order valence-electron chi connectivity index (χ2n) is 5.51. The van der Waals surface area contributed by atoms with Crippen molar-refractivity contribution in [2.45, 2.75) is 26.4 Å². The molecule has 2 aromatic carbocycles. The lowest BCUT2D eigenvalue weighted by molar-refractivity contribution is 0.0842. The number of rotatable bonds is 2. The Morgan fingerprint density at radius 3 is 2.55 bits per heavy atom. The molecule has 0 aliphatic carbocycles. The summed E-state index contributed by atoms with van der Waals surface area (Å²) in [5.41, 5.74) is 3.28. The molecule has 3 nitrogen and oxygen atoms in total. The smallest absolute Gasteiger partial charge is 0.173 e. The van der Waals surface area contributed by atoms with Gasteiger partial charge < -0.3 is 9.47 Å². The number of halogens is 1. The van der Waals surface area contributed by atoms with Gasteiger partial charge in [-0.05, 0) is 48.7 Å². The number of ether oxygens (including phenoxy) is 2. The summed E-state index contributed by atoms with van der Waals surface area (Å²) < 4.78 is 24.5. The number of hydrogen-bond acceptors (Lipinski definition) is 3. The van der Waals surface area contributed by atoms with Crippen molar-refractivity contribution >= 4 is 5.78 Å². The molecular formula is C18H17FO3. The Bertz CT molecular complexity index is 735. The molecule has 0 saturated heterocycles. The Balaban J connectivity index is 2.06. The molecule has 0 bridgehead atoms. The molecule has 0 saturated carbocycles. The molecule has 114 valence electrons. The number of carbonyl (C=O) groups excluding carboxylic acids is 1. The molecule has 0 fully saturated rings. The lowest BCUT2D eigenvalue weighted by atomic mass is 9.93. The van der Waals surface area contributed by atoms with Gasteiger partial charge in [-0.3, -0.25) is 4.79 Å². The number of fused-ring (bicyclic) bond motifs is 1. The van der Waals surface area contributed by atoms with E-state index in [9.17, 15) is 9.18 Å². The van der Waals surface area contributed by atoms with Crippen molar-refractivity contribution in [2.24, 2.45) is 0 Å². The minimum Gasteiger partial charge on any atom is -0.493 e. The van der Waals surface area contributed by atoms with Crippen LogP contribution in [0.2, 0.25) is 0 Å². The lowest BCUT2D eigenvalue weighted by Gasteiger charge is -2.28. The van der Waals surface area contributed by atoms with E-state index in [0.29, 0.717) is 17.1 Å².